The van der Waals surface area contributed by atoms with Crippen molar-refractivity contribution in [1.29, 1.82) is 0 Å². The van der Waals surface area contributed by atoms with Crippen LogP contribution in [0, 0.1) is 5.92 Å². The maximum atomic E-state index is 5.33. The summed E-state index contributed by atoms with van der Waals surface area (Å²) in [6.07, 6.45) is 1.20. The number of methoxy groups -OCH3 is 1. The highest BCUT2D eigenvalue weighted by Crippen LogP contribution is 2.02. The number of hydrogen-bond acceptors (Lipinski definition) is 4. The monoisotopic (exact) mass is 244 g/mol. The zero-order chi connectivity index (χ0) is 12.5. The SMILES string of the molecule is COCC(NCCCN1CCOCC1)C(C)C. The molecule has 1 unspecified atom stereocenters. The summed E-state index contributed by atoms with van der Waals surface area (Å²) in [6.45, 7) is 11.5. The van der Waals surface area contributed by atoms with Gasteiger partial charge in [0.15, 0.2) is 0 Å². The molecule has 4 nitrogen and oxygen atoms in total. The van der Waals surface area contributed by atoms with Crippen LogP contribution < -0.4 is 5.32 Å². The summed E-state index contributed by atoms with van der Waals surface area (Å²) in [5.41, 5.74) is 0. The number of morpholine rings is 1. The molecule has 1 N–H and O–H groups in total. The minimum absolute atomic E-state index is 0.477. The van der Waals surface area contributed by atoms with Crippen molar-refractivity contribution in [3.05, 3.63) is 0 Å². The fraction of sp³-hybridized carbons (Fsp3) is 1.00. The van der Waals surface area contributed by atoms with Crippen molar-refractivity contribution in [2.75, 3.05) is 53.1 Å². The summed E-state index contributed by atoms with van der Waals surface area (Å²) in [5, 5.41) is 3.58. The Morgan fingerprint density at radius 3 is 2.59 bits per heavy atom. The molecule has 1 saturated heterocycles. The summed E-state index contributed by atoms with van der Waals surface area (Å²) in [5.74, 6) is 0.623. The van der Waals surface area contributed by atoms with Gasteiger partial charge in [0.05, 0.1) is 19.8 Å². The third kappa shape index (κ3) is 6.36. The molecule has 0 aromatic carbocycles. The lowest BCUT2D eigenvalue weighted by atomic mass is 10.1. The van der Waals surface area contributed by atoms with E-state index in [2.05, 4.69) is 24.1 Å². The minimum Gasteiger partial charge on any atom is -0.383 e. The fourth-order valence-electron chi connectivity index (χ4n) is 2.08. The second-order valence-electron chi connectivity index (χ2n) is 5.07. The van der Waals surface area contributed by atoms with E-state index in [1.165, 1.54) is 13.0 Å². The first kappa shape index (κ1) is 14.9. The molecule has 0 saturated carbocycles. The average molecular weight is 244 g/mol. The summed E-state index contributed by atoms with van der Waals surface area (Å²) in [6, 6.07) is 0.477. The van der Waals surface area contributed by atoms with Gasteiger partial charge in [-0.2, -0.15) is 0 Å². The van der Waals surface area contributed by atoms with E-state index in [-0.39, 0.29) is 0 Å². The Bertz CT molecular complexity index is 182. The van der Waals surface area contributed by atoms with Gasteiger partial charge in [-0.3, -0.25) is 4.90 Å². The molecule has 0 amide bonds. The van der Waals surface area contributed by atoms with Crippen LogP contribution >= 0.6 is 0 Å². The molecule has 1 heterocycles. The molecule has 0 aliphatic carbocycles. The van der Waals surface area contributed by atoms with Gasteiger partial charge in [-0.25, -0.2) is 0 Å². The van der Waals surface area contributed by atoms with Gasteiger partial charge in [0.25, 0.3) is 0 Å². The zero-order valence-corrected chi connectivity index (χ0v) is 11.6. The summed E-state index contributed by atoms with van der Waals surface area (Å²) >= 11 is 0. The molecule has 102 valence electrons. The molecule has 1 aliphatic rings. The quantitative estimate of drug-likeness (QED) is 0.645. The van der Waals surface area contributed by atoms with Crippen molar-refractivity contribution in [3.63, 3.8) is 0 Å². The highest BCUT2D eigenvalue weighted by Gasteiger charge is 2.13. The van der Waals surface area contributed by atoms with Gasteiger partial charge in [-0.05, 0) is 25.4 Å². The summed E-state index contributed by atoms with van der Waals surface area (Å²) in [4.78, 5) is 2.48. The first-order valence-corrected chi connectivity index (χ1v) is 6.76. The van der Waals surface area contributed by atoms with Crippen molar-refractivity contribution < 1.29 is 9.47 Å². The van der Waals surface area contributed by atoms with Crippen molar-refractivity contribution in [1.82, 2.24) is 10.2 Å². The van der Waals surface area contributed by atoms with Crippen LogP contribution in [0.2, 0.25) is 0 Å². The first-order valence-electron chi connectivity index (χ1n) is 6.76. The van der Waals surface area contributed by atoms with E-state index in [0.717, 1.165) is 39.5 Å². The van der Waals surface area contributed by atoms with E-state index < -0.39 is 0 Å². The lowest BCUT2D eigenvalue weighted by Crippen LogP contribution is -2.41. The molecule has 0 aromatic heterocycles. The minimum atomic E-state index is 0.477. The molecule has 17 heavy (non-hydrogen) atoms. The van der Waals surface area contributed by atoms with Gasteiger partial charge in [-0.1, -0.05) is 13.8 Å². The zero-order valence-electron chi connectivity index (χ0n) is 11.6. The normalized spacial score (nSPS) is 19.8. The van der Waals surface area contributed by atoms with E-state index in [1.807, 2.05) is 0 Å². The Morgan fingerprint density at radius 2 is 2.00 bits per heavy atom. The van der Waals surface area contributed by atoms with Gasteiger partial charge in [-0.15, -0.1) is 0 Å². The van der Waals surface area contributed by atoms with Crippen LogP contribution in [0.4, 0.5) is 0 Å². The second-order valence-corrected chi connectivity index (χ2v) is 5.07. The predicted molar refractivity (Wildman–Crippen MR) is 70.4 cm³/mol. The van der Waals surface area contributed by atoms with Crippen LogP contribution in [0.3, 0.4) is 0 Å². The van der Waals surface area contributed by atoms with Gasteiger partial charge < -0.3 is 14.8 Å². The topological polar surface area (TPSA) is 33.7 Å². The standard InChI is InChI=1S/C13H28N2O2/c1-12(2)13(11-16-3)14-5-4-6-15-7-9-17-10-8-15/h12-14H,4-11H2,1-3H3. The van der Waals surface area contributed by atoms with Gasteiger partial charge >= 0.3 is 0 Å². The van der Waals surface area contributed by atoms with Crippen LogP contribution in [0.15, 0.2) is 0 Å². The molecule has 0 spiro atoms. The molecule has 0 aromatic rings. The Hall–Kier alpha value is -0.160. The van der Waals surface area contributed by atoms with Gasteiger partial charge in [0.1, 0.15) is 0 Å². The highest BCUT2D eigenvalue weighted by molar-refractivity contribution is 4.70. The van der Waals surface area contributed by atoms with Crippen molar-refractivity contribution >= 4 is 0 Å². The Labute approximate surface area is 106 Å². The molecule has 0 radical (unpaired) electrons. The Kier molecular flexibility index (Phi) is 7.77. The Balaban J connectivity index is 2.04. The fourth-order valence-corrected chi connectivity index (χ4v) is 2.08. The van der Waals surface area contributed by atoms with Crippen LogP contribution in [-0.2, 0) is 9.47 Å². The molecule has 1 fully saturated rings. The smallest absolute Gasteiger partial charge is 0.0618 e. The van der Waals surface area contributed by atoms with Crippen LogP contribution in [0.1, 0.15) is 20.3 Å². The molecule has 0 bridgehead atoms. The van der Waals surface area contributed by atoms with Crippen LogP contribution in [0.5, 0.6) is 0 Å². The molecular formula is C13H28N2O2. The van der Waals surface area contributed by atoms with E-state index in [4.69, 9.17) is 9.47 Å². The maximum absolute atomic E-state index is 5.33. The molecule has 1 atom stereocenters. The molecule has 4 heteroatoms. The van der Waals surface area contributed by atoms with Gasteiger partial charge in [0.2, 0.25) is 0 Å². The number of ether oxygens (including phenoxy) is 2. The number of nitrogens with zero attached hydrogens (tertiary/aromatic N) is 1. The van der Waals surface area contributed by atoms with Crippen molar-refractivity contribution in [3.8, 4) is 0 Å². The summed E-state index contributed by atoms with van der Waals surface area (Å²) < 4.78 is 10.6. The van der Waals surface area contributed by atoms with E-state index in [1.54, 1.807) is 7.11 Å². The summed E-state index contributed by atoms with van der Waals surface area (Å²) in [7, 11) is 1.77. The highest BCUT2D eigenvalue weighted by atomic mass is 16.5. The van der Waals surface area contributed by atoms with Crippen LogP contribution in [-0.4, -0.2) is 64.1 Å². The van der Waals surface area contributed by atoms with E-state index >= 15 is 0 Å². The lowest BCUT2D eigenvalue weighted by Gasteiger charge is -2.27. The van der Waals surface area contributed by atoms with Crippen molar-refractivity contribution in [2.24, 2.45) is 5.92 Å². The predicted octanol–water partition coefficient (Wildman–Crippen LogP) is 0.969. The molecule has 1 rings (SSSR count). The number of rotatable bonds is 8. The third-order valence-electron chi connectivity index (χ3n) is 3.31. The second kappa shape index (κ2) is 8.86. The largest absolute Gasteiger partial charge is 0.383 e. The molecule has 1 aliphatic heterocycles. The van der Waals surface area contributed by atoms with E-state index in [0.29, 0.717) is 12.0 Å². The molecular weight excluding hydrogens is 216 g/mol. The third-order valence-corrected chi connectivity index (χ3v) is 3.31. The van der Waals surface area contributed by atoms with Crippen LogP contribution in [0.25, 0.3) is 0 Å². The lowest BCUT2D eigenvalue weighted by molar-refractivity contribution is 0.0371. The van der Waals surface area contributed by atoms with Crippen molar-refractivity contribution in [2.45, 2.75) is 26.3 Å². The Morgan fingerprint density at radius 1 is 1.29 bits per heavy atom. The number of nitrogens with one attached hydrogen (secondary N) is 1. The average Bonchev–Trinajstić information content (AvgIpc) is 2.34. The van der Waals surface area contributed by atoms with Gasteiger partial charge in [0, 0.05) is 26.2 Å². The van der Waals surface area contributed by atoms with E-state index in [9.17, 15) is 0 Å². The number of hydrogen-bond donors (Lipinski definition) is 1. The first-order chi connectivity index (χ1) is 8.24. The maximum Gasteiger partial charge on any atom is 0.0618 e.